The molecule has 1 atom stereocenters. The van der Waals surface area contributed by atoms with E-state index in [1.807, 2.05) is 30.3 Å². The van der Waals surface area contributed by atoms with Gasteiger partial charge in [0.25, 0.3) is 5.89 Å². The van der Waals surface area contributed by atoms with E-state index in [4.69, 9.17) is 4.42 Å². The van der Waals surface area contributed by atoms with Gasteiger partial charge in [-0.15, -0.1) is 10.2 Å². The average Bonchev–Trinajstić information content (AvgIpc) is 3.37. The van der Waals surface area contributed by atoms with Crippen molar-refractivity contribution in [1.29, 1.82) is 0 Å². The Hall–Kier alpha value is -3.04. The normalized spacial score (nSPS) is 16.7. The van der Waals surface area contributed by atoms with Gasteiger partial charge in [-0.3, -0.25) is 0 Å². The maximum atomic E-state index is 12.3. The Bertz CT molecular complexity index is 1050. The third-order valence-electron chi connectivity index (χ3n) is 4.18. The van der Waals surface area contributed by atoms with E-state index in [9.17, 15) is 8.42 Å². The Labute approximate surface area is 156 Å². The van der Waals surface area contributed by atoms with Crippen molar-refractivity contribution in [3.05, 3.63) is 78.0 Å². The lowest BCUT2D eigenvalue weighted by Gasteiger charge is -2.09. The van der Waals surface area contributed by atoms with Crippen molar-refractivity contribution in [3.63, 3.8) is 0 Å². The van der Waals surface area contributed by atoms with Crippen molar-refractivity contribution in [2.45, 2.75) is 17.4 Å². The van der Waals surface area contributed by atoms with E-state index >= 15 is 0 Å². The minimum absolute atomic E-state index is 0.000473. The van der Waals surface area contributed by atoms with Gasteiger partial charge < -0.3 is 9.84 Å². The van der Waals surface area contributed by atoms with E-state index in [-0.39, 0.29) is 29.1 Å². The SMILES string of the molecule is O=S(=O)(NCc1nnc(C2=NNCC2c2ccccc2)o1)c1ccccc1. The predicted molar refractivity (Wildman–Crippen MR) is 98.5 cm³/mol. The van der Waals surface area contributed by atoms with Crippen molar-refractivity contribution >= 4 is 15.7 Å². The van der Waals surface area contributed by atoms with Crippen LogP contribution in [0.2, 0.25) is 0 Å². The highest BCUT2D eigenvalue weighted by molar-refractivity contribution is 7.89. The van der Waals surface area contributed by atoms with Gasteiger partial charge in [-0.05, 0) is 17.7 Å². The first-order chi connectivity index (χ1) is 13.1. The number of nitrogens with zero attached hydrogens (tertiary/aromatic N) is 3. The lowest BCUT2D eigenvalue weighted by Crippen LogP contribution is -2.23. The van der Waals surface area contributed by atoms with Crippen LogP contribution in [0.3, 0.4) is 0 Å². The van der Waals surface area contributed by atoms with Gasteiger partial charge in [0.05, 0.1) is 17.4 Å². The fourth-order valence-electron chi connectivity index (χ4n) is 2.82. The topological polar surface area (TPSA) is 109 Å². The second-order valence-corrected chi connectivity index (χ2v) is 7.73. The van der Waals surface area contributed by atoms with Gasteiger partial charge in [0.1, 0.15) is 5.71 Å². The third-order valence-corrected chi connectivity index (χ3v) is 5.60. The zero-order valence-corrected chi connectivity index (χ0v) is 15.1. The monoisotopic (exact) mass is 383 g/mol. The highest BCUT2D eigenvalue weighted by Crippen LogP contribution is 2.23. The lowest BCUT2D eigenvalue weighted by molar-refractivity contribution is 0.475. The molecule has 2 N–H and O–H groups in total. The van der Waals surface area contributed by atoms with E-state index in [2.05, 4.69) is 25.4 Å². The van der Waals surface area contributed by atoms with E-state index in [0.717, 1.165) is 5.56 Å². The molecule has 0 aliphatic carbocycles. The van der Waals surface area contributed by atoms with Gasteiger partial charge in [-0.1, -0.05) is 48.5 Å². The molecule has 0 spiro atoms. The molecule has 0 bridgehead atoms. The molecule has 27 heavy (non-hydrogen) atoms. The van der Waals surface area contributed by atoms with Crippen LogP contribution < -0.4 is 10.1 Å². The molecule has 0 radical (unpaired) electrons. The van der Waals surface area contributed by atoms with Gasteiger partial charge in [0, 0.05) is 6.54 Å². The maximum Gasteiger partial charge on any atom is 0.264 e. The number of sulfonamides is 1. The number of aromatic nitrogens is 2. The Morgan fingerprint density at radius 2 is 1.74 bits per heavy atom. The molecule has 1 unspecified atom stereocenters. The minimum Gasteiger partial charge on any atom is -0.418 e. The first kappa shape index (κ1) is 17.4. The van der Waals surface area contributed by atoms with Crippen LogP contribution in [0.4, 0.5) is 0 Å². The van der Waals surface area contributed by atoms with Gasteiger partial charge in [0.15, 0.2) is 0 Å². The average molecular weight is 383 g/mol. The van der Waals surface area contributed by atoms with Gasteiger partial charge in [-0.2, -0.15) is 5.10 Å². The van der Waals surface area contributed by atoms with Crippen LogP contribution in [0.25, 0.3) is 0 Å². The number of benzene rings is 2. The van der Waals surface area contributed by atoms with Crippen LogP contribution in [-0.2, 0) is 16.6 Å². The van der Waals surface area contributed by atoms with Crippen LogP contribution in [0, 0.1) is 0 Å². The van der Waals surface area contributed by atoms with Crippen LogP contribution in [-0.4, -0.2) is 30.9 Å². The van der Waals surface area contributed by atoms with E-state index in [1.54, 1.807) is 18.2 Å². The summed E-state index contributed by atoms with van der Waals surface area (Å²) in [6, 6.07) is 18.0. The smallest absolute Gasteiger partial charge is 0.264 e. The highest BCUT2D eigenvalue weighted by atomic mass is 32.2. The molecule has 8 nitrogen and oxygen atoms in total. The number of nitrogens with one attached hydrogen (secondary N) is 2. The molecule has 2 heterocycles. The highest BCUT2D eigenvalue weighted by Gasteiger charge is 2.28. The van der Waals surface area contributed by atoms with E-state index < -0.39 is 10.0 Å². The summed E-state index contributed by atoms with van der Waals surface area (Å²) in [5.41, 5.74) is 4.69. The Kier molecular flexibility index (Phi) is 4.69. The summed E-state index contributed by atoms with van der Waals surface area (Å²) in [5, 5.41) is 12.2. The van der Waals surface area contributed by atoms with Crippen molar-refractivity contribution < 1.29 is 12.8 Å². The summed E-state index contributed by atoms with van der Waals surface area (Å²) in [6.07, 6.45) is 0. The summed E-state index contributed by atoms with van der Waals surface area (Å²) in [7, 11) is -3.64. The summed E-state index contributed by atoms with van der Waals surface area (Å²) in [5.74, 6) is 0.453. The molecular formula is C18H17N5O3S. The number of hydrogen-bond donors (Lipinski definition) is 2. The predicted octanol–water partition coefficient (Wildman–Crippen LogP) is 1.64. The summed E-state index contributed by atoms with van der Waals surface area (Å²) in [4.78, 5) is 0.179. The standard InChI is InChI=1S/C18H17N5O3S/c24-27(25,14-9-5-2-6-10-14)20-12-16-21-23-18(26-16)17-15(11-19-22-17)13-7-3-1-4-8-13/h1-10,15,19-20H,11-12H2. The molecule has 2 aromatic carbocycles. The third kappa shape index (κ3) is 3.74. The molecule has 138 valence electrons. The fraction of sp³-hybridized carbons (Fsp3) is 0.167. The van der Waals surface area contributed by atoms with Crippen LogP contribution in [0.1, 0.15) is 23.3 Å². The Morgan fingerprint density at radius 1 is 1.04 bits per heavy atom. The molecule has 4 rings (SSSR count). The largest absolute Gasteiger partial charge is 0.418 e. The van der Waals surface area contributed by atoms with E-state index in [1.165, 1.54) is 12.1 Å². The first-order valence-electron chi connectivity index (χ1n) is 8.36. The summed E-state index contributed by atoms with van der Waals surface area (Å²) < 4.78 is 32.6. The zero-order valence-electron chi connectivity index (χ0n) is 14.2. The van der Waals surface area contributed by atoms with Gasteiger partial charge in [0.2, 0.25) is 15.9 Å². The quantitative estimate of drug-likeness (QED) is 0.670. The fourth-order valence-corrected chi connectivity index (χ4v) is 3.82. The summed E-state index contributed by atoms with van der Waals surface area (Å²) >= 11 is 0. The number of rotatable bonds is 6. The van der Waals surface area contributed by atoms with E-state index in [0.29, 0.717) is 12.3 Å². The molecule has 3 aromatic rings. The Morgan fingerprint density at radius 3 is 2.48 bits per heavy atom. The van der Waals surface area contributed by atoms with Crippen molar-refractivity contribution in [2.75, 3.05) is 6.54 Å². The molecule has 9 heteroatoms. The van der Waals surface area contributed by atoms with Crippen molar-refractivity contribution in [1.82, 2.24) is 20.3 Å². The van der Waals surface area contributed by atoms with Crippen LogP contribution in [0.5, 0.6) is 0 Å². The molecular weight excluding hydrogens is 366 g/mol. The molecule has 0 saturated heterocycles. The maximum absolute atomic E-state index is 12.3. The summed E-state index contributed by atoms with van der Waals surface area (Å²) in [6.45, 7) is 0.540. The Balaban J connectivity index is 1.48. The van der Waals surface area contributed by atoms with Crippen LogP contribution >= 0.6 is 0 Å². The number of hydrogen-bond acceptors (Lipinski definition) is 7. The van der Waals surface area contributed by atoms with Gasteiger partial charge >= 0.3 is 0 Å². The molecule has 0 fully saturated rings. The lowest BCUT2D eigenvalue weighted by atomic mass is 9.95. The van der Waals surface area contributed by atoms with Crippen LogP contribution in [0.15, 0.2) is 75.1 Å². The second-order valence-electron chi connectivity index (χ2n) is 5.96. The molecule has 1 aromatic heterocycles. The molecule has 0 amide bonds. The molecule has 1 aliphatic heterocycles. The zero-order chi connectivity index (χ0) is 18.7. The van der Waals surface area contributed by atoms with Gasteiger partial charge in [-0.25, -0.2) is 13.1 Å². The van der Waals surface area contributed by atoms with Crippen molar-refractivity contribution in [3.8, 4) is 0 Å². The molecule has 1 aliphatic rings. The molecule has 0 saturated carbocycles. The van der Waals surface area contributed by atoms with Crippen molar-refractivity contribution in [2.24, 2.45) is 5.10 Å². The first-order valence-corrected chi connectivity index (χ1v) is 9.85. The number of hydrazone groups is 1. The minimum atomic E-state index is -3.64. The second kappa shape index (κ2) is 7.29.